The molecular formula is C9H7N3O. The summed E-state index contributed by atoms with van der Waals surface area (Å²) in [5.74, 6) is 0. The Kier molecular flexibility index (Phi) is 1.64. The third-order valence-electron chi connectivity index (χ3n) is 1.89. The molecule has 0 aromatic heterocycles. The van der Waals surface area contributed by atoms with Crippen molar-refractivity contribution in [1.29, 1.82) is 5.26 Å². The van der Waals surface area contributed by atoms with E-state index in [1.165, 1.54) is 5.01 Å². The van der Waals surface area contributed by atoms with Gasteiger partial charge in [-0.2, -0.15) is 5.26 Å². The molecule has 0 atom stereocenters. The first kappa shape index (κ1) is 7.62. The van der Waals surface area contributed by atoms with Gasteiger partial charge < -0.3 is 0 Å². The molecule has 4 nitrogen and oxygen atoms in total. The van der Waals surface area contributed by atoms with E-state index in [1.54, 1.807) is 12.1 Å². The third-order valence-corrected chi connectivity index (χ3v) is 1.89. The van der Waals surface area contributed by atoms with E-state index in [1.807, 2.05) is 12.1 Å². The van der Waals surface area contributed by atoms with Crippen LogP contribution in [-0.2, 0) is 6.54 Å². The van der Waals surface area contributed by atoms with Crippen LogP contribution in [0.15, 0.2) is 24.3 Å². The molecule has 1 aliphatic heterocycles. The molecular weight excluding hydrogens is 166 g/mol. The van der Waals surface area contributed by atoms with Crippen molar-refractivity contribution in [3.05, 3.63) is 35.4 Å². The van der Waals surface area contributed by atoms with Crippen LogP contribution in [0.2, 0.25) is 0 Å². The van der Waals surface area contributed by atoms with Crippen LogP contribution in [0.1, 0.15) is 11.1 Å². The number of nitrogens with zero attached hydrogens (tertiary/aromatic N) is 2. The minimum atomic E-state index is -0.0901. The molecule has 0 saturated carbocycles. The molecule has 0 unspecified atom stereocenters. The molecule has 1 saturated heterocycles. The molecule has 0 bridgehead atoms. The van der Waals surface area contributed by atoms with E-state index in [-0.39, 0.29) is 6.03 Å². The Morgan fingerprint density at radius 1 is 1.46 bits per heavy atom. The summed E-state index contributed by atoms with van der Waals surface area (Å²) in [7, 11) is 0. The van der Waals surface area contributed by atoms with Crippen molar-refractivity contribution >= 4 is 6.03 Å². The Bertz CT molecular complexity index is 394. The molecule has 4 heteroatoms. The highest BCUT2D eigenvalue weighted by Gasteiger charge is 2.29. The highest BCUT2D eigenvalue weighted by Crippen LogP contribution is 2.13. The number of nitriles is 1. The Balaban J connectivity index is 2.20. The quantitative estimate of drug-likeness (QED) is 0.678. The van der Waals surface area contributed by atoms with Gasteiger partial charge in [0.05, 0.1) is 18.2 Å². The fourth-order valence-electron chi connectivity index (χ4n) is 1.14. The molecule has 2 amide bonds. The number of nitrogens with one attached hydrogen (secondary N) is 1. The van der Waals surface area contributed by atoms with Crippen LogP contribution in [-0.4, -0.2) is 11.0 Å². The van der Waals surface area contributed by atoms with Crippen molar-refractivity contribution in [1.82, 2.24) is 10.4 Å². The lowest BCUT2D eigenvalue weighted by Gasteiger charge is -2.00. The number of hydrogen-bond acceptors (Lipinski definition) is 2. The van der Waals surface area contributed by atoms with Gasteiger partial charge in [-0.1, -0.05) is 18.2 Å². The standard InChI is InChI=1S/C9H7N3O/c10-5-7-3-1-2-4-8(7)6-12-9(13)11-12/h1-4H,6H2,(H,11,13). The van der Waals surface area contributed by atoms with Crippen molar-refractivity contribution in [2.24, 2.45) is 0 Å². The average Bonchev–Trinajstić information content (AvgIpc) is 2.83. The van der Waals surface area contributed by atoms with Crippen LogP contribution >= 0.6 is 0 Å². The normalized spacial score (nSPS) is 13.5. The van der Waals surface area contributed by atoms with E-state index < -0.39 is 0 Å². The smallest absolute Gasteiger partial charge is 0.245 e. The molecule has 64 valence electrons. The zero-order valence-electron chi connectivity index (χ0n) is 6.82. The Hall–Kier alpha value is -2.02. The lowest BCUT2D eigenvalue weighted by Crippen LogP contribution is -2.02. The molecule has 1 aromatic rings. The maximum atomic E-state index is 10.6. The Morgan fingerprint density at radius 2 is 2.15 bits per heavy atom. The number of hydrazine groups is 1. The molecule has 1 N–H and O–H groups in total. The monoisotopic (exact) mass is 173 g/mol. The van der Waals surface area contributed by atoms with Gasteiger partial charge in [-0.15, -0.1) is 0 Å². The predicted octanol–water partition coefficient (Wildman–Crippen LogP) is 0.998. The molecule has 1 heterocycles. The van der Waals surface area contributed by atoms with Gasteiger partial charge in [-0.3, -0.25) is 0 Å². The Labute approximate surface area is 75.4 Å². The molecule has 0 aliphatic carbocycles. The van der Waals surface area contributed by atoms with Gasteiger partial charge in [-0.25, -0.2) is 15.2 Å². The maximum absolute atomic E-state index is 10.6. The fraction of sp³-hybridized carbons (Fsp3) is 0.111. The van der Waals surface area contributed by atoms with Crippen LogP contribution in [0.3, 0.4) is 0 Å². The van der Waals surface area contributed by atoms with Gasteiger partial charge in [0.2, 0.25) is 0 Å². The predicted molar refractivity (Wildman–Crippen MR) is 45.2 cm³/mol. The van der Waals surface area contributed by atoms with E-state index in [0.717, 1.165) is 5.56 Å². The third kappa shape index (κ3) is 1.44. The average molecular weight is 173 g/mol. The van der Waals surface area contributed by atoms with Gasteiger partial charge in [-0.05, 0) is 11.6 Å². The largest absolute Gasteiger partial charge is 0.355 e. The van der Waals surface area contributed by atoms with Gasteiger partial charge in [0.25, 0.3) is 0 Å². The highest BCUT2D eigenvalue weighted by molar-refractivity contribution is 5.85. The SMILES string of the molecule is N#Cc1ccccc1CN1NC1=O. The number of hydrogen-bond donors (Lipinski definition) is 1. The molecule has 0 radical (unpaired) electrons. The van der Waals surface area contributed by atoms with E-state index in [9.17, 15) is 4.79 Å². The van der Waals surface area contributed by atoms with Crippen molar-refractivity contribution in [3.63, 3.8) is 0 Å². The second-order valence-electron chi connectivity index (χ2n) is 2.77. The van der Waals surface area contributed by atoms with E-state index >= 15 is 0 Å². The number of benzene rings is 1. The second-order valence-corrected chi connectivity index (χ2v) is 2.77. The van der Waals surface area contributed by atoms with Gasteiger partial charge in [0, 0.05) is 0 Å². The lowest BCUT2D eigenvalue weighted by molar-refractivity contribution is 0.257. The maximum Gasteiger partial charge on any atom is 0.355 e. The summed E-state index contributed by atoms with van der Waals surface area (Å²) < 4.78 is 0. The van der Waals surface area contributed by atoms with Gasteiger partial charge in [0.1, 0.15) is 0 Å². The zero-order chi connectivity index (χ0) is 9.26. The summed E-state index contributed by atoms with van der Waals surface area (Å²) in [4.78, 5) is 10.6. The number of carbonyl (C=O) groups excluding carboxylic acids is 1. The summed E-state index contributed by atoms with van der Waals surface area (Å²) in [5, 5.41) is 10.2. The fourth-order valence-corrected chi connectivity index (χ4v) is 1.14. The minimum Gasteiger partial charge on any atom is -0.245 e. The van der Waals surface area contributed by atoms with Crippen molar-refractivity contribution in [3.8, 4) is 6.07 Å². The van der Waals surface area contributed by atoms with Crippen LogP contribution in [0.4, 0.5) is 4.79 Å². The molecule has 1 fully saturated rings. The van der Waals surface area contributed by atoms with E-state index in [0.29, 0.717) is 12.1 Å². The number of carbonyl (C=O) groups is 1. The number of rotatable bonds is 2. The molecule has 2 rings (SSSR count). The van der Waals surface area contributed by atoms with Crippen molar-refractivity contribution in [2.75, 3.05) is 0 Å². The first-order chi connectivity index (χ1) is 6.31. The minimum absolute atomic E-state index is 0.0901. The molecule has 1 aromatic carbocycles. The summed E-state index contributed by atoms with van der Waals surface area (Å²) in [6.07, 6.45) is 0. The molecule has 1 aliphatic rings. The first-order valence-corrected chi connectivity index (χ1v) is 3.87. The van der Waals surface area contributed by atoms with Crippen LogP contribution < -0.4 is 5.43 Å². The summed E-state index contributed by atoms with van der Waals surface area (Å²) in [5.41, 5.74) is 4.00. The highest BCUT2D eigenvalue weighted by atomic mass is 16.2. The number of amides is 2. The van der Waals surface area contributed by atoms with Gasteiger partial charge in [0.15, 0.2) is 0 Å². The lowest BCUT2D eigenvalue weighted by atomic mass is 10.1. The topological polar surface area (TPSA) is 65.8 Å². The Morgan fingerprint density at radius 3 is 2.77 bits per heavy atom. The van der Waals surface area contributed by atoms with Crippen LogP contribution in [0.25, 0.3) is 0 Å². The van der Waals surface area contributed by atoms with Crippen molar-refractivity contribution in [2.45, 2.75) is 6.54 Å². The second kappa shape index (κ2) is 2.79. The summed E-state index contributed by atoms with van der Waals surface area (Å²) >= 11 is 0. The zero-order valence-corrected chi connectivity index (χ0v) is 6.82. The van der Waals surface area contributed by atoms with Crippen molar-refractivity contribution < 1.29 is 4.79 Å². The van der Waals surface area contributed by atoms with Crippen LogP contribution in [0, 0.1) is 11.3 Å². The van der Waals surface area contributed by atoms with Gasteiger partial charge >= 0.3 is 6.03 Å². The summed E-state index contributed by atoms with van der Waals surface area (Å²) in [6.45, 7) is 0.461. The molecule has 13 heavy (non-hydrogen) atoms. The number of urea groups is 1. The first-order valence-electron chi connectivity index (χ1n) is 3.87. The summed E-state index contributed by atoms with van der Waals surface area (Å²) in [6, 6.07) is 9.22. The molecule has 0 spiro atoms. The van der Waals surface area contributed by atoms with E-state index in [2.05, 4.69) is 11.5 Å². The van der Waals surface area contributed by atoms with Crippen LogP contribution in [0.5, 0.6) is 0 Å². The van der Waals surface area contributed by atoms with E-state index in [4.69, 9.17) is 5.26 Å².